The van der Waals surface area contributed by atoms with E-state index < -0.39 is 0 Å². The molecule has 0 saturated carbocycles. The van der Waals surface area contributed by atoms with Crippen molar-refractivity contribution in [1.29, 1.82) is 0 Å². The Morgan fingerprint density at radius 3 is 2.72 bits per heavy atom. The van der Waals surface area contributed by atoms with Crippen LogP contribution in [0.3, 0.4) is 0 Å². The number of nitrogens with zero attached hydrogens (tertiary/aromatic N) is 2. The maximum atomic E-state index is 8.79. The number of ether oxygens (including phenoxy) is 2. The Balaban J connectivity index is 2.25. The van der Waals surface area contributed by atoms with Crippen molar-refractivity contribution < 1.29 is 14.6 Å². The monoisotopic (exact) mass is 257 g/mol. The molecule has 104 valence electrons. The number of hydrogen-bond acceptors (Lipinski definition) is 5. The van der Waals surface area contributed by atoms with Gasteiger partial charge in [0, 0.05) is 38.1 Å². The Bertz CT molecular complexity index is 311. The Labute approximate surface area is 108 Å². The maximum Gasteiger partial charge on any atom is 0.169 e. The van der Waals surface area contributed by atoms with E-state index in [0.717, 1.165) is 5.56 Å². The van der Waals surface area contributed by atoms with E-state index in [1.807, 2.05) is 20.0 Å². The highest BCUT2D eigenvalue weighted by molar-refractivity contribution is 5.03. The van der Waals surface area contributed by atoms with Gasteiger partial charge in [0.15, 0.2) is 6.29 Å². The Kier molecular flexibility index (Phi) is 7.59. The quantitative estimate of drug-likeness (QED) is 0.593. The highest BCUT2D eigenvalue weighted by Gasteiger charge is 2.07. The second-order valence-corrected chi connectivity index (χ2v) is 3.81. The van der Waals surface area contributed by atoms with E-state index in [1.165, 1.54) is 0 Å². The average molecular weight is 257 g/mol. The third-order valence-electron chi connectivity index (χ3n) is 2.36. The number of nitrogens with one attached hydrogen (secondary N) is 1. The smallest absolute Gasteiger partial charge is 0.169 e. The lowest BCUT2D eigenvalue weighted by Gasteiger charge is -2.17. The normalized spacial score (nSPS) is 11.3. The summed E-state index contributed by atoms with van der Waals surface area (Å²) in [5.41, 5.74) is 1.08. The highest BCUT2D eigenvalue weighted by atomic mass is 16.7. The number of rotatable bonds is 10. The summed E-state index contributed by atoms with van der Waals surface area (Å²) in [4.78, 5) is 0. The van der Waals surface area contributed by atoms with E-state index in [9.17, 15) is 0 Å². The molecule has 6 heteroatoms. The van der Waals surface area contributed by atoms with Crippen molar-refractivity contribution in [3.8, 4) is 0 Å². The number of aliphatic hydroxyl groups excluding tert-OH is 1. The molecule has 1 heterocycles. The second-order valence-electron chi connectivity index (χ2n) is 3.81. The van der Waals surface area contributed by atoms with E-state index in [-0.39, 0.29) is 12.9 Å². The lowest BCUT2D eigenvalue weighted by molar-refractivity contribution is -0.133. The largest absolute Gasteiger partial charge is 0.394 e. The second kappa shape index (κ2) is 9.04. The fraction of sp³-hybridized carbons (Fsp3) is 0.750. The minimum Gasteiger partial charge on any atom is -0.394 e. The van der Waals surface area contributed by atoms with Gasteiger partial charge in [0.2, 0.25) is 0 Å². The van der Waals surface area contributed by atoms with Gasteiger partial charge in [-0.25, -0.2) is 0 Å². The van der Waals surface area contributed by atoms with Crippen molar-refractivity contribution in [2.75, 3.05) is 26.4 Å². The Morgan fingerprint density at radius 2 is 2.11 bits per heavy atom. The molecule has 1 aromatic rings. The molecule has 2 N–H and O–H groups in total. The molecule has 1 rings (SSSR count). The van der Waals surface area contributed by atoms with E-state index in [4.69, 9.17) is 14.6 Å². The molecule has 0 radical (unpaired) electrons. The van der Waals surface area contributed by atoms with Crippen LogP contribution >= 0.6 is 0 Å². The fourth-order valence-corrected chi connectivity index (χ4v) is 1.59. The number of aromatic nitrogens is 2. The van der Waals surface area contributed by atoms with Gasteiger partial charge in [-0.3, -0.25) is 4.68 Å². The van der Waals surface area contributed by atoms with Crippen molar-refractivity contribution in [3.05, 3.63) is 18.0 Å². The van der Waals surface area contributed by atoms with Gasteiger partial charge in [-0.05, 0) is 13.8 Å². The molecule has 0 fully saturated rings. The summed E-state index contributed by atoms with van der Waals surface area (Å²) in [5, 5.41) is 16.2. The first-order valence-corrected chi connectivity index (χ1v) is 6.36. The molecule has 18 heavy (non-hydrogen) atoms. The van der Waals surface area contributed by atoms with Crippen LogP contribution in [0.2, 0.25) is 0 Å². The fourth-order valence-electron chi connectivity index (χ4n) is 1.59. The molecule has 1 aromatic heterocycles. The molecule has 0 bridgehead atoms. The Morgan fingerprint density at radius 1 is 1.39 bits per heavy atom. The third-order valence-corrected chi connectivity index (χ3v) is 2.36. The molecular formula is C12H23N3O3. The zero-order chi connectivity index (χ0) is 13.2. The lowest BCUT2D eigenvalue weighted by Crippen LogP contribution is -2.31. The minimum atomic E-state index is -0.201. The summed E-state index contributed by atoms with van der Waals surface area (Å²) in [6.07, 6.45) is 3.51. The summed E-state index contributed by atoms with van der Waals surface area (Å²) in [5.74, 6) is 0. The van der Waals surface area contributed by atoms with Crippen molar-refractivity contribution in [2.24, 2.45) is 0 Å². The molecule has 0 amide bonds. The van der Waals surface area contributed by atoms with Crippen LogP contribution in [0.15, 0.2) is 12.4 Å². The van der Waals surface area contributed by atoms with Crippen molar-refractivity contribution in [1.82, 2.24) is 15.1 Å². The maximum absolute atomic E-state index is 8.79. The summed E-state index contributed by atoms with van der Waals surface area (Å²) < 4.78 is 12.6. The zero-order valence-electron chi connectivity index (χ0n) is 11.1. The van der Waals surface area contributed by atoms with Crippen LogP contribution in [-0.4, -0.2) is 47.5 Å². The van der Waals surface area contributed by atoms with Gasteiger partial charge in [0.1, 0.15) is 0 Å². The SMILES string of the molecule is CCOC(CNCc1cnn(CCO)c1)OCC. The van der Waals surface area contributed by atoms with Gasteiger partial charge >= 0.3 is 0 Å². The predicted octanol–water partition coefficient (Wildman–Crippen LogP) is 0.364. The van der Waals surface area contributed by atoms with Gasteiger partial charge in [-0.1, -0.05) is 0 Å². The summed E-state index contributed by atoms with van der Waals surface area (Å²) in [7, 11) is 0. The summed E-state index contributed by atoms with van der Waals surface area (Å²) in [6, 6.07) is 0. The van der Waals surface area contributed by atoms with E-state index in [2.05, 4.69) is 10.4 Å². The van der Waals surface area contributed by atoms with Crippen LogP contribution in [0, 0.1) is 0 Å². The van der Waals surface area contributed by atoms with E-state index in [1.54, 1.807) is 10.9 Å². The van der Waals surface area contributed by atoms with E-state index in [0.29, 0.717) is 32.8 Å². The van der Waals surface area contributed by atoms with Gasteiger partial charge in [-0.15, -0.1) is 0 Å². The summed E-state index contributed by atoms with van der Waals surface area (Å²) in [6.45, 7) is 7.16. The molecule has 0 atom stereocenters. The lowest BCUT2D eigenvalue weighted by atomic mass is 10.3. The van der Waals surface area contributed by atoms with Gasteiger partial charge < -0.3 is 19.9 Å². The average Bonchev–Trinajstić information content (AvgIpc) is 2.78. The molecule has 0 aliphatic heterocycles. The van der Waals surface area contributed by atoms with Crippen molar-refractivity contribution in [3.63, 3.8) is 0 Å². The number of aliphatic hydroxyl groups is 1. The number of hydrogen-bond donors (Lipinski definition) is 2. The molecule has 0 aliphatic carbocycles. The summed E-state index contributed by atoms with van der Waals surface area (Å²) >= 11 is 0. The first-order chi connectivity index (χ1) is 8.80. The standard InChI is InChI=1S/C12H23N3O3/c1-3-17-12(18-4-2)9-13-7-11-8-14-15(10-11)5-6-16/h8,10,12-13,16H,3-7,9H2,1-2H3. The third kappa shape index (κ3) is 5.59. The molecule has 0 aliphatic rings. The first kappa shape index (κ1) is 15.1. The van der Waals surface area contributed by atoms with Crippen LogP contribution in [0.1, 0.15) is 19.4 Å². The van der Waals surface area contributed by atoms with Gasteiger partial charge in [-0.2, -0.15) is 5.10 Å². The molecule has 0 unspecified atom stereocenters. The molecule has 0 spiro atoms. The minimum absolute atomic E-state index is 0.102. The van der Waals surface area contributed by atoms with Crippen LogP contribution in [0.5, 0.6) is 0 Å². The first-order valence-electron chi connectivity index (χ1n) is 6.36. The topological polar surface area (TPSA) is 68.5 Å². The van der Waals surface area contributed by atoms with Crippen molar-refractivity contribution >= 4 is 0 Å². The molecule has 0 saturated heterocycles. The Hall–Kier alpha value is -0.950. The van der Waals surface area contributed by atoms with E-state index >= 15 is 0 Å². The molecule has 6 nitrogen and oxygen atoms in total. The van der Waals surface area contributed by atoms with Crippen LogP contribution in [-0.2, 0) is 22.6 Å². The van der Waals surface area contributed by atoms with Gasteiger partial charge in [0.05, 0.1) is 19.3 Å². The van der Waals surface area contributed by atoms with Crippen LogP contribution in [0.4, 0.5) is 0 Å². The van der Waals surface area contributed by atoms with Crippen molar-refractivity contribution in [2.45, 2.75) is 33.2 Å². The highest BCUT2D eigenvalue weighted by Crippen LogP contribution is 1.98. The molecular weight excluding hydrogens is 234 g/mol. The zero-order valence-corrected chi connectivity index (χ0v) is 11.1. The predicted molar refractivity (Wildman–Crippen MR) is 68.1 cm³/mol. The molecule has 0 aromatic carbocycles. The van der Waals surface area contributed by atoms with Gasteiger partial charge in [0.25, 0.3) is 0 Å². The van der Waals surface area contributed by atoms with Crippen LogP contribution < -0.4 is 5.32 Å². The van der Waals surface area contributed by atoms with Crippen LogP contribution in [0.25, 0.3) is 0 Å².